The summed E-state index contributed by atoms with van der Waals surface area (Å²) in [5.41, 5.74) is 0.672. The van der Waals surface area contributed by atoms with Crippen molar-refractivity contribution in [1.29, 1.82) is 0 Å². The summed E-state index contributed by atoms with van der Waals surface area (Å²) in [4.78, 5) is 4.46. The van der Waals surface area contributed by atoms with Gasteiger partial charge in [0.1, 0.15) is 5.60 Å². The minimum atomic E-state index is -0.245. The smallest absolute Gasteiger partial charge is 0.213 e. The maximum Gasteiger partial charge on any atom is 0.213 e. The molecule has 1 atom stereocenters. The fraction of sp³-hybridized carbons (Fsp3) is 0.667. The van der Waals surface area contributed by atoms with Crippen molar-refractivity contribution in [2.24, 2.45) is 5.92 Å². The van der Waals surface area contributed by atoms with Gasteiger partial charge in [0.05, 0.1) is 12.3 Å². The maximum absolute atomic E-state index is 9.27. The number of hydrogen-bond acceptors (Lipinski definition) is 4. The van der Waals surface area contributed by atoms with Gasteiger partial charge in [0, 0.05) is 18.7 Å². The van der Waals surface area contributed by atoms with Gasteiger partial charge >= 0.3 is 0 Å². The van der Waals surface area contributed by atoms with E-state index in [4.69, 9.17) is 4.74 Å². The standard InChI is InChI=1S/C15H26N2O2/c1-11(2)13(10-18)16-9-12-7-6-8-14(17-12)19-15(3,4)5/h6-8,11,13,16,18H,9-10H2,1-5H3/t13-/m0/s1. The molecule has 4 nitrogen and oxygen atoms in total. The average Bonchev–Trinajstić information content (AvgIpc) is 2.27. The molecular formula is C15H26N2O2. The summed E-state index contributed by atoms with van der Waals surface area (Å²) in [7, 11) is 0. The van der Waals surface area contributed by atoms with Crippen LogP contribution < -0.4 is 10.1 Å². The zero-order valence-electron chi connectivity index (χ0n) is 12.6. The van der Waals surface area contributed by atoms with Crippen LogP contribution in [-0.2, 0) is 6.54 Å². The lowest BCUT2D eigenvalue weighted by Crippen LogP contribution is -2.36. The molecule has 1 rings (SSSR count). The van der Waals surface area contributed by atoms with E-state index >= 15 is 0 Å². The van der Waals surface area contributed by atoms with E-state index < -0.39 is 0 Å². The Balaban J connectivity index is 2.62. The van der Waals surface area contributed by atoms with E-state index in [1.165, 1.54) is 0 Å². The van der Waals surface area contributed by atoms with Gasteiger partial charge in [0.2, 0.25) is 5.88 Å². The molecule has 0 spiro atoms. The van der Waals surface area contributed by atoms with E-state index in [9.17, 15) is 5.11 Å². The predicted molar refractivity (Wildman–Crippen MR) is 77.2 cm³/mol. The Morgan fingerprint density at radius 3 is 2.53 bits per heavy atom. The number of rotatable bonds is 6. The van der Waals surface area contributed by atoms with Crippen molar-refractivity contribution in [2.45, 2.75) is 52.8 Å². The van der Waals surface area contributed by atoms with Gasteiger partial charge in [-0.15, -0.1) is 0 Å². The molecule has 0 bridgehead atoms. The van der Waals surface area contributed by atoms with Crippen molar-refractivity contribution in [2.75, 3.05) is 6.61 Å². The molecule has 0 fully saturated rings. The largest absolute Gasteiger partial charge is 0.472 e. The average molecular weight is 266 g/mol. The van der Waals surface area contributed by atoms with Crippen molar-refractivity contribution >= 4 is 0 Å². The second kappa shape index (κ2) is 6.87. The van der Waals surface area contributed by atoms with Crippen LogP contribution in [0.4, 0.5) is 0 Å². The number of nitrogens with one attached hydrogen (secondary N) is 1. The van der Waals surface area contributed by atoms with Gasteiger partial charge in [0.25, 0.3) is 0 Å². The summed E-state index contributed by atoms with van der Waals surface area (Å²) in [6.45, 7) is 10.9. The minimum absolute atomic E-state index is 0.0917. The molecular weight excluding hydrogens is 240 g/mol. The van der Waals surface area contributed by atoms with Gasteiger partial charge in [0.15, 0.2) is 0 Å². The number of pyridine rings is 1. The van der Waals surface area contributed by atoms with Crippen LogP contribution in [0.3, 0.4) is 0 Å². The molecule has 1 aromatic rings. The Morgan fingerprint density at radius 1 is 1.32 bits per heavy atom. The molecule has 0 aliphatic rings. The van der Waals surface area contributed by atoms with Crippen LogP contribution in [0.2, 0.25) is 0 Å². The zero-order valence-corrected chi connectivity index (χ0v) is 12.6. The second-order valence-electron chi connectivity index (χ2n) is 6.10. The third-order valence-corrected chi connectivity index (χ3v) is 2.74. The fourth-order valence-electron chi connectivity index (χ4n) is 1.67. The quantitative estimate of drug-likeness (QED) is 0.830. The topological polar surface area (TPSA) is 54.4 Å². The molecule has 0 saturated heterocycles. The number of aliphatic hydroxyl groups is 1. The summed E-state index contributed by atoms with van der Waals surface area (Å²) in [6, 6.07) is 5.85. The lowest BCUT2D eigenvalue weighted by atomic mass is 10.1. The Kier molecular flexibility index (Phi) is 5.76. The molecule has 0 aliphatic heterocycles. The first kappa shape index (κ1) is 15.9. The Hall–Kier alpha value is -1.13. The van der Waals surface area contributed by atoms with Gasteiger partial charge in [-0.05, 0) is 32.8 Å². The predicted octanol–water partition coefficient (Wildman–Crippen LogP) is 2.37. The number of ether oxygens (including phenoxy) is 1. The minimum Gasteiger partial charge on any atom is -0.472 e. The van der Waals surface area contributed by atoms with E-state index in [0.717, 1.165) is 5.69 Å². The maximum atomic E-state index is 9.27. The summed E-state index contributed by atoms with van der Waals surface area (Å²) < 4.78 is 5.73. The Bertz CT molecular complexity index is 386. The molecule has 0 saturated carbocycles. The van der Waals surface area contributed by atoms with Crippen molar-refractivity contribution < 1.29 is 9.84 Å². The van der Waals surface area contributed by atoms with Crippen LogP contribution in [0, 0.1) is 5.92 Å². The van der Waals surface area contributed by atoms with Gasteiger partial charge in [-0.1, -0.05) is 19.9 Å². The van der Waals surface area contributed by atoms with Crippen molar-refractivity contribution in [3.05, 3.63) is 23.9 Å². The lowest BCUT2D eigenvalue weighted by Gasteiger charge is -2.22. The highest BCUT2D eigenvalue weighted by atomic mass is 16.5. The van der Waals surface area contributed by atoms with E-state index in [2.05, 4.69) is 24.1 Å². The summed E-state index contributed by atoms with van der Waals surface area (Å²) in [5.74, 6) is 1.02. The molecule has 4 heteroatoms. The second-order valence-corrected chi connectivity index (χ2v) is 6.10. The highest BCUT2D eigenvalue weighted by Crippen LogP contribution is 2.15. The van der Waals surface area contributed by atoms with E-state index in [1.807, 2.05) is 39.0 Å². The van der Waals surface area contributed by atoms with E-state index in [-0.39, 0.29) is 18.2 Å². The monoisotopic (exact) mass is 266 g/mol. The van der Waals surface area contributed by atoms with Gasteiger partial charge in [-0.2, -0.15) is 0 Å². The number of nitrogens with zero attached hydrogens (tertiary/aromatic N) is 1. The lowest BCUT2D eigenvalue weighted by molar-refractivity contribution is 0.123. The van der Waals surface area contributed by atoms with Crippen molar-refractivity contribution in [3.8, 4) is 5.88 Å². The van der Waals surface area contributed by atoms with Gasteiger partial charge < -0.3 is 15.2 Å². The van der Waals surface area contributed by atoms with Crippen LogP contribution in [0.5, 0.6) is 5.88 Å². The highest BCUT2D eigenvalue weighted by molar-refractivity contribution is 5.16. The van der Waals surface area contributed by atoms with Crippen LogP contribution in [-0.4, -0.2) is 28.3 Å². The molecule has 0 unspecified atom stereocenters. The molecule has 1 aromatic heterocycles. The third kappa shape index (κ3) is 6.03. The number of aliphatic hydroxyl groups excluding tert-OH is 1. The summed E-state index contributed by atoms with van der Waals surface area (Å²) in [6.07, 6.45) is 0. The van der Waals surface area contributed by atoms with E-state index in [0.29, 0.717) is 18.3 Å². The molecule has 2 N–H and O–H groups in total. The normalized spacial score (nSPS) is 13.6. The van der Waals surface area contributed by atoms with Crippen LogP contribution in [0.1, 0.15) is 40.3 Å². The fourth-order valence-corrected chi connectivity index (χ4v) is 1.67. The van der Waals surface area contributed by atoms with Crippen LogP contribution >= 0.6 is 0 Å². The zero-order chi connectivity index (χ0) is 14.5. The Morgan fingerprint density at radius 2 is 2.00 bits per heavy atom. The molecule has 108 valence electrons. The summed E-state index contributed by atoms with van der Waals surface area (Å²) in [5, 5.41) is 12.6. The first-order valence-electron chi connectivity index (χ1n) is 6.81. The summed E-state index contributed by atoms with van der Waals surface area (Å²) >= 11 is 0. The molecule has 0 amide bonds. The van der Waals surface area contributed by atoms with Gasteiger partial charge in [-0.25, -0.2) is 4.98 Å². The first-order chi connectivity index (χ1) is 8.81. The first-order valence-corrected chi connectivity index (χ1v) is 6.81. The van der Waals surface area contributed by atoms with E-state index in [1.54, 1.807) is 0 Å². The van der Waals surface area contributed by atoms with Crippen LogP contribution in [0.15, 0.2) is 18.2 Å². The van der Waals surface area contributed by atoms with Crippen LogP contribution in [0.25, 0.3) is 0 Å². The third-order valence-electron chi connectivity index (χ3n) is 2.74. The molecule has 0 aromatic carbocycles. The molecule has 19 heavy (non-hydrogen) atoms. The number of hydrogen-bond donors (Lipinski definition) is 2. The highest BCUT2D eigenvalue weighted by Gasteiger charge is 2.14. The molecule has 0 radical (unpaired) electrons. The Labute approximate surface area is 116 Å². The van der Waals surface area contributed by atoms with Crippen molar-refractivity contribution in [3.63, 3.8) is 0 Å². The number of aromatic nitrogens is 1. The molecule has 0 aliphatic carbocycles. The SMILES string of the molecule is CC(C)[C@H](CO)NCc1cccc(OC(C)(C)C)n1. The van der Waals surface area contributed by atoms with Crippen molar-refractivity contribution in [1.82, 2.24) is 10.3 Å². The molecule has 1 heterocycles. The van der Waals surface area contributed by atoms with Gasteiger partial charge in [-0.3, -0.25) is 0 Å².